The lowest BCUT2D eigenvalue weighted by Crippen LogP contribution is -2.49. The van der Waals surface area contributed by atoms with Crippen LogP contribution in [-0.2, 0) is 0 Å². The average molecular weight is 395 g/mol. The third kappa shape index (κ3) is 4.20. The van der Waals surface area contributed by atoms with Crippen LogP contribution >= 0.6 is 11.6 Å². The molecular weight excluding hydrogens is 376 g/mol. The molecule has 1 fully saturated rings. The molecule has 0 spiro atoms. The normalized spacial score (nSPS) is 14.0. The van der Waals surface area contributed by atoms with Crippen LogP contribution in [0.5, 0.6) is 0 Å². The van der Waals surface area contributed by atoms with Crippen LogP contribution in [0.1, 0.15) is 10.4 Å². The number of halogens is 1. The molecule has 0 radical (unpaired) electrons. The molecule has 28 heavy (non-hydrogen) atoms. The van der Waals surface area contributed by atoms with Crippen LogP contribution in [0.25, 0.3) is 0 Å². The summed E-state index contributed by atoms with van der Waals surface area (Å²) in [6, 6.07) is 14.6. The third-order valence-electron chi connectivity index (χ3n) is 4.55. The summed E-state index contributed by atoms with van der Waals surface area (Å²) < 4.78 is 0. The molecule has 1 amide bonds. The summed E-state index contributed by atoms with van der Waals surface area (Å²) in [5.41, 5.74) is 1.48. The molecular formula is C20H19ClN6O. The van der Waals surface area contributed by atoms with Crippen molar-refractivity contribution < 1.29 is 4.79 Å². The first-order chi connectivity index (χ1) is 13.7. The molecule has 2 aromatic heterocycles. The highest BCUT2D eigenvalue weighted by Crippen LogP contribution is 2.18. The van der Waals surface area contributed by atoms with Crippen molar-refractivity contribution in [3.8, 4) is 0 Å². The molecule has 0 unspecified atom stereocenters. The average Bonchev–Trinajstić information content (AvgIpc) is 2.75. The maximum Gasteiger partial charge on any atom is 0.254 e. The van der Waals surface area contributed by atoms with Crippen molar-refractivity contribution in [1.82, 2.24) is 20.1 Å². The van der Waals surface area contributed by atoms with Gasteiger partial charge in [-0.15, -0.1) is 10.2 Å². The molecule has 1 N–H and O–H groups in total. The minimum atomic E-state index is 0.00394. The Morgan fingerprint density at radius 1 is 1.00 bits per heavy atom. The molecule has 1 aliphatic rings. The number of piperazine rings is 1. The molecule has 8 heteroatoms. The molecule has 7 nitrogen and oxygen atoms in total. The summed E-state index contributed by atoms with van der Waals surface area (Å²) in [5, 5.41) is 12.3. The topological polar surface area (TPSA) is 74.2 Å². The van der Waals surface area contributed by atoms with E-state index in [1.54, 1.807) is 36.7 Å². The number of hydrogen-bond donors (Lipinski definition) is 1. The fraction of sp³-hybridized carbons (Fsp3) is 0.200. The number of pyridine rings is 1. The van der Waals surface area contributed by atoms with Crippen molar-refractivity contribution in [2.24, 2.45) is 0 Å². The maximum atomic E-state index is 12.6. The number of hydrogen-bond acceptors (Lipinski definition) is 6. The van der Waals surface area contributed by atoms with E-state index in [4.69, 9.17) is 11.6 Å². The van der Waals surface area contributed by atoms with Crippen LogP contribution in [0, 0.1) is 0 Å². The number of benzene rings is 1. The molecule has 0 bridgehead atoms. The maximum absolute atomic E-state index is 12.6. The Bertz CT molecular complexity index is 942. The molecule has 0 atom stereocenters. The molecule has 1 aromatic carbocycles. The van der Waals surface area contributed by atoms with Gasteiger partial charge >= 0.3 is 0 Å². The fourth-order valence-electron chi connectivity index (χ4n) is 3.09. The van der Waals surface area contributed by atoms with Gasteiger partial charge in [0.15, 0.2) is 11.6 Å². The highest BCUT2D eigenvalue weighted by Gasteiger charge is 2.23. The largest absolute Gasteiger partial charge is 0.352 e. The number of aromatic nitrogens is 3. The van der Waals surface area contributed by atoms with E-state index in [2.05, 4.69) is 25.4 Å². The SMILES string of the molecule is O=C(c1cccc(Cl)c1)N1CCN(c2ccc(Nc3cccnc3)nn2)CC1. The van der Waals surface area contributed by atoms with E-state index in [1.165, 1.54) is 0 Å². The number of nitrogens with one attached hydrogen (secondary N) is 1. The van der Waals surface area contributed by atoms with E-state index in [1.807, 2.05) is 29.2 Å². The number of rotatable bonds is 4. The Balaban J connectivity index is 1.35. The van der Waals surface area contributed by atoms with E-state index in [0.717, 1.165) is 11.5 Å². The zero-order valence-electron chi connectivity index (χ0n) is 15.1. The van der Waals surface area contributed by atoms with Gasteiger partial charge in [0.2, 0.25) is 0 Å². The summed E-state index contributed by atoms with van der Waals surface area (Å²) >= 11 is 5.99. The first kappa shape index (κ1) is 18.2. The minimum absolute atomic E-state index is 0.00394. The van der Waals surface area contributed by atoms with Crippen LogP contribution in [0.4, 0.5) is 17.3 Å². The van der Waals surface area contributed by atoms with E-state index >= 15 is 0 Å². The molecule has 1 saturated heterocycles. The number of carbonyl (C=O) groups excluding carboxylic acids is 1. The van der Waals surface area contributed by atoms with Gasteiger partial charge in [-0.1, -0.05) is 17.7 Å². The summed E-state index contributed by atoms with van der Waals surface area (Å²) in [6.45, 7) is 2.66. The number of amides is 1. The predicted molar refractivity (Wildman–Crippen MR) is 109 cm³/mol. The van der Waals surface area contributed by atoms with Crippen molar-refractivity contribution in [3.05, 3.63) is 71.5 Å². The number of nitrogens with zero attached hydrogens (tertiary/aromatic N) is 5. The molecule has 4 rings (SSSR count). The standard InChI is InChI=1S/C20H19ClN6O/c21-16-4-1-3-15(13-16)20(28)27-11-9-26(10-12-27)19-7-6-18(24-25-19)23-17-5-2-8-22-14-17/h1-8,13-14H,9-12H2,(H,23,24). The highest BCUT2D eigenvalue weighted by molar-refractivity contribution is 6.30. The zero-order chi connectivity index (χ0) is 19.3. The lowest BCUT2D eigenvalue weighted by molar-refractivity contribution is 0.0746. The van der Waals surface area contributed by atoms with Gasteiger partial charge in [0.25, 0.3) is 5.91 Å². The van der Waals surface area contributed by atoms with Crippen LogP contribution < -0.4 is 10.2 Å². The second-order valence-electron chi connectivity index (χ2n) is 6.43. The molecule has 1 aliphatic heterocycles. The van der Waals surface area contributed by atoms with E-state index in [0.29, 0.717) is 42.6 Å². The van der Waals surface area contributed by atoms with E-state index < -0.39 is 0 Å². The van der Waals surface area contributed by atoms with Gasteiger partial charge in [0.1, 0.15) is 0 Å². The van der Waals surface area contributed by atoms with E-state index in [9.17, 15) is 4.79 Å². The lowest BCUT2D eigenvalue weighted by atomic mass is 10.2. The Labute approximate surface area is 168 Å². The Hall–Kier alpha value is -3.19. The first-order valence-corrected chi connectivity index (χ1v) is 9.37. The summed E-state index contributed by atoms with van der Waals surface area (Å²) in [7, 11) is 0. The van der Waals surface area contributed by atoms with Gasteiger partial charge < -0.3 is 15.1 Å². The summed E-state index contributed by atoms with van der Waals surface area (Å²) in [5.74, 6) is 1.46. The van der Waals surface area contributed by atoms with Gasteiger partial charge in [0, 0.05) is 43.0 Å². The fourth-order valence-corrected chi connectivity index (χ4v) is 3.28. The Kier molecular flexibility index (Phi) is 5.34. The second kappa shape index (κ2) is 8.22. The summed E-state index contributed by atoms with van der Waals surface area (Å²) in [4.78, 5) is 20.7. The number of anilines is 3. The third-order valence-corrected chi connectivity index (χ3v) is 4.78. The zero-order valence-corrected chi connectivity index (χ0v) is 15.9. The molecule has 0 aliphatic carbocycles. The molecule has 0 saturated carbocycles. The predicted octanol–water partition coefficient (Wildman–Crippen LogP) is 3.23. The van der Waals surface area contributed by atoms with Gasteiger partial charge in [-0.25, -0.2) is 0 Å². The smallest absolute Gasteiger partial charge is 0.254 e. The number of carbonyl (C=O) groups is 1. The van der Waals surface area contributed by atoms with Gasteiger partial charge in [-0.3, -0.25) is 9.78 Å². The van der Waals surface area contributed by atoms with Crippen molar-refractivity contribution in [1.29, 1.82) is 0 Å². The minimum Gasteiger partial charge on any atom is -0.352 e. The van der Waals surface area contributed by atoms with Crippen LogP contribution in [0.2, 0.25) is 5.02 Å². The first-order valence-electron chi connectivity index (χ1n) is 8.99. The quantitative estimate of drug-likeness (QED) is 0.732. The van der Waals surface area contributed by atoms with Gasteiger partial charge in [-0.2, -0.15) is 0 Å². The molecule has 142 valence electrons. The molecule has 3 aromatic rings. The van der Waals surface area contributed by atoms with Crippen molar-refractivity contribution in [3.63, 3.8) is 0 Å². The molecule has 3 heterocycles. The van der Waals surface area contributed by atoms with Crippen molar-refractivity contribution >= 4 is 34.8 Å². The van der Waals surface area contributed by atoms with Gasteiger partial charge in [-0.05, 0) is 42.5 Å². The van der Waals surface area contributed by atoms with Crippen LogP contribution in [0.3, 0.4) is 0 Å². The highest BCUT2D eigenvalue weighted by atomic mass is 35.5. The summed E-state index contributed by atoms with van der Waals surface area (Å²) in [6.07, 6.45) is 3.45. The van der Waals surface area contributed by atoms with Gasteiger partial charge in [0.05, 0.1) is 11.9 Å². The Morgan fingerprint density at radius 3 is 2.54 bits per heavy atom. The van der Waals surface area contributed by atoms with Crippen molar-refractivity contribution in [2.75, 3.05) is 36.4 Å². The monoisotopic (exact) mass is 394 g/mol. The van der Waals surface area contributed by atoms with Crippen LogP contribution in [-0.4, -0.2) is 52.2 Å². The lowest BCUT2D eigenvalue weighted by Gasteiger charge is -2.35. The van der Waals surface area contributed by atoms with Crippen molar-refractivity contribution in [2.45, 2.75) is 0 Å². The second-order valence-corrected chi connectivity index (χ2v) is 6.87. The Morgan fingerprint density at radius 2 is 1.86 bits per heavy atom. The van der Waals surface area contributed by atoms with Crippen LogP contribution in [0.15, 0.2) is 60.9 Å². The van der Waals surface area contributed by atoms with E-state index in [-0.39, 0.29) is 5.91 Å².